The van der Waals surface area contributed by atoms with Crippen LogP contribution < -0.4 is 5.73 Å². The number of aliphatic hydroxyl groups excluding tert-OH is 1. The molecule has 0 aliphatic rings. The van der Waals surface area contributed by atoms with E-state index in [-0.39, 0.29) is 5.69 Å². The van der Waals surface area contributed by atoms with Gasteiger partial charge in [-0.15, -0.1) is 0 Å². The summed E-state index contributed by atoms with van der Waals surface area (Å²) >= 11 is 0. The number of hydrogen-bond acceptors (Lipinski definition) is 3. The summed E-state index contributed by atoms with van der Waals surface area (Å²) < 4.78 is 14.7. The molecule has 1 heterocycles. The van der Waals surface area contributed by atoms with Gasteiger partial charge in [0.25, 0.3) is 0 Å². The second kappa shape index (κ2) is 3.94. The molecule has 0 aliphatic heterocycles. The van der Waals surface area contributed by atoms with E-state index in [2.05, 4.69) is 5.10 Å². The standard InChI is InChI=1S/C11H12FN3O/c1-15-9(5-6-14-15)11(16)7-3-2-4-8(12)10(7)13/h2-6,11,16H,13H2,1H3. The first kappa shape index (κ1) is 10.6. The van der Waals surface area contributed by atoms with Crippen molar-refractivity contribution in [2.75, 3.05) is 5.73 Å². The molecule has 1 aromatic heterocycles. The highest BCUT2D eigenvalue weighted by atomic mass is 19.1. The Morgan fingerprint density at radius 1 is 1.44 bits per heavy atom. The molecule has 16 heavy (non-hydrogen) atoms. The smallest absolute Gasteiger partial charge is 0.146 e. The molecule has 3 N–H and O–H groups in total. The number of aliphatic hydroxyl groups is 1. The molecule has 1 aromatic carbocycles. The Morgan fingerprint density at radius 3 is 2.81 bits per heavy atom. The van der Waals surface area contributed by atoms with Crippen LogP contribution in [-0.4, -0.2) is 14.9 Å². The van der Waals surface area contributed by atoms with Crippen LogP contribution in [0.1, 0.15) is 17.4 Å². The summed E-state index contributed by atoms with van der Waals surface area (Å²) in [5, 5.41) is 14.0. The van der Waals surface area contributed by atoms with Crippen LogP contribution in [0.5, 0.6) is 0 Å². The summed E-state index contributed by atoms with van der Waals surface area (Å²) in [7, 11) is 1.70. The molecule has 0 radical (unpaired) electrons. The lowest BCUT2D eigenvalue weighted by Crippen LogP contribution is -2.09. The van der Waals surface area contributed by atoms with Crippen LogP contribution in [-0.2, 0) is 7.05 Å². The van der Waals surface area contributed by atoms with E-state index in [0.29, 0.717) is 11.3 Å². The molecule has 0 saturated heterocycles. The highest BCUT2D eigenvalue weighted by Gasteiger charge is 2.17. The fourth-order valence-corrected chi connectivity index (χ4v) is 1.60. The van der Waals surface area contributed by atoms with Gasteiger partial charge in [-0.1, -0.05) is 12.1 Å². The fraction of sp³-hybridized carbons (Fsp3) is 0.182. The zero-order chi connectivity index (χ0) is 11.7. The Morgan fingerprint density at radius 2 is 2.19 bits per heavy atom. The van der Waals surface area contributed by atoms with Crippen LogP contribution in [0.4, 0.5) is 10.1 Å². The molecule has 5 heteroatoms. The van der Waals surface area contributed by atoms with Crippen molar-refractivity contribution < 1.29 is 9.50 Å². The molecule has 0 spiro atoms. The first-order valence-corrected chi connectivity index (χ1v) is 4.81. The van der Waals surface area contributed by atoms with Crippen molar-refractivity contribution >= 4 is 5.69 Å². The molecule has 84 valence electrons. The van der Waals surface area contributed by atoms with E-state index < -0.39 is 11.9 Å². The van der Waals surface area contributed by atoms with Gasteiger partial charge in [-0.25, -0.2) is 4.39 Å². The third kappa shape index (κ3) is 1.65. The summed E-state index contributed by atoms with van der Waals surface area (Å²) in [6, 6.07) is 6.03. The molecule has 0 saturated carbocycles. The number of halogens is 1. The quantitative estimate of drug-likeness (QED) is 0.749. The predicted molar refractivity (Wildman–Crippen MR) is 58.1 cm³/mol. The summed E-state index contributed by atoms with van der Waals surface area (Å²) in [5.74, 6) is -0.529. The van der Waals surface area contributed by atoms with Gasteiger partial charge in [0.05, 0.1) is 11.4 Å². The van der Waals surface area contributed by atoms with Crippen LogP contribution in [0, 0.1) is 5.82 Å². The van der Waals surface area contributed by atoms with Gasteiger partial charge in [-0.2, -0.15) is 5.10 Å². The number of benzene rings is 1. The average molecular weight is 221 g/mol. The van der Waals surface area contributed by atoms with Gasteiger partial charge in [0.2, 0.25) is 0 Å². The molecule has 0 bridgehead atoms. The summed E-state index contributed by atoms with van der Waals surface area (Å²) in [4.78, 5) is 0. The third-order valence-electron chi connectivity index (χ3n) is 2.52. The largest absolute Gasteiger partial charge is 0.396 e. The van der Waals surface area contributed by atoms with E-state index in [9.17, 15) is 9.50 Å². The van der Waals surface area contributed by atoms with Gasteiger partial charge in [0.1, 0.15) is 11.9 Å². The number of rotatable bonds is 2. The number of nitrogens with zero attached hydrogens (tertiary/aromatic N) is 2. The highest BCUT2D eigenvalue weighted by Crippen LogP contribution is 2.27. The molecule has 0 amide bonds. The van der Waals surface area contributed by atoms with Gasteiger partial charge in [0.15, 0.2) is 0 Å². The zero-order valence-electron chi connectivity index (χ0n) is 8.76. The topological polar surface area (TPSA) is 64.1 Å². The second-order valence-electron chi connectivity index (χ2n) is 3.52. The van der Waals surface area contributed by atoms with Gasteiger partial charge in [0, 0.05) is 18.8 Å². The van der Waals surface area contributed by atoms with E-state index in [4.69, 9.17) is 5.73 Å². The van der Waals surface area contributed by atoms with E-state index >= 15 is 0 Å². The number of nitrogen functional groups attached to an aromatic ring is 1. The number of hydrogen-bond donors (Lipinski definition) is 2. The van der Waals surface area contributed by atoms with Crippen molar-refractivity contribution in [2.24, 2.45) is 7.05 Å². The molecule has 0 aliphatic carbocycles. The Hall–Kier alpha value is -1.88. The second-order valence-corrected chi connectivity index (χ2v) is 3.52. The van der Waals surface area contributed by atoms with Gasteiger partial charge in [-0.05, 0) is 12.1 Å². The van der Waals surface area contributed by atoms with Gasteiger partial charge >= 0.3 is 0 Å². The minimum Gasteiger partial charge on any atom is -0.396 e. The minimum atomic E-state index is -0.969. The van der Waals surface area contributed by atoms with E-state index in [1.54, 1.807) is 25.4 Å². The lowest BCUT2D eigenvalue weighted by atomic mass is 10.0. The number of para-hydroxylation sites is 1. The van der Waals surface area contributed by atoms with Crippen molar-refractivity contribution in [3.63, 3.8) is 0 Å². The SMILES string of the molecule is Cn1nccc1C(O)c1cccc(F)c1N. The molecule has 1 atom stereocenters. The molecule has 2 rings (SSSR count). The van der Waals surface area contributed by atoms with E-state index in [1.807, 2.05) is 0 Å². The van der Waals surface area contributed by atoms with Crippen molar-refractivity contribution in [3.05, 3.63) is 47.5 Å². The minimum absolute atomic E-state index is 0.0313. The predicted octanol–water partition coefficient (Wildman–Crippen LogP) is 1.22. The number of aryl methyl sites for hydroxylation is 1. The van der Waals surface area contributed by atoms with E-state index in [0.717, 1.165) is 0 Å². The molecule has 2 aromatic rings. The van der Waals surface area contributed by atoms with Crippen molar-refractivity contribution in [3.8, 4) is 0 Å². The third-order valence-corrected chi connectivity index (χ3v) is 2.52. The van der Waals surface area contributed by atoms with Crippen molar-refractivity contribution in [1.82, 2.24) is 9.78 Å². The Bertz CT molecular complexity index is 510. The number of aromatic nitrogens is 2. The normalized spacial score (nSPS) is 12.7. The number of anilines is 1. The first-order chi connectivity index (χ1) is 7.61. The highest BCUT2D eigenvalue weighted by molar-refractivity contribution is 5.50. The number of nitrogens with two attached hydrogens (primary N) is 1. The summed E-state index contributed by atoms with van der Waals surface area (Å²) in [5.41, 5.74) is 6.46. The Kier molecular flexibility index (Phi) is 2.62. The average Bonchev–Trinajstić information content (AvgIpc) is 2.68. The van der Waals surface area contributed by atoms with E-state index in [1.165, 1.54) is 16.8 Å². The fourth-order valence-electron chi connectivity index (χ4n) is 1.60. The Balaban J connectivity index is 2.46. The maximum absolute atomic E-state index is 13.2. The van der Waals surface area contributed by atoms with Crippen LogP contribution in [0.3, 0.4) is 0 Å². The van der Waals surface area contributed by atoms with Crippen LogP contribution in [0.15, 0.2) is 30.5 Å². The molecular weight excluding hydrogens is 209 g/mol. The van der Waals surface area contributed by atoms with Crippen molar-refractivity contribution in [2.45, 2.75) is 6.10 Å². The molecule has 1 unspecified atom stereocenters. The molecule has 0 fully saturated rings. The van der Waals surface area contributed by atoms with Crippen molar-refractivity contribution in [1.29, 1.82) is 0 Å². The molecule has 4 nitrogen and oxygen atoms in total. The Labute approximate surface area is 92.1 Å². The summed E-state index contributed by atoms with van der Waals surface area (Å²) in [6.07, 6.45) is 0.594. The zero-order valence-corrected chi connectivity index (χ0v) is 8.76. The van der Waals surface area contributed by atoms with Gasteiger partial charge < -0.3 is 10.8 Å². The van der Waals surface area contributed by atoms with Crippen LogP contribution in [0.2, 0.25) is 0 Å². The monoisotopic (exact) mass is 221 g/mol. The van der Waals surface area contributed by atoms with Crippen LogP contribution >= 0.6 is 0 Å². The van der Waals surface area contributed by atoms with Crippen LogP contribution in [0.25, 0.3) is 0 Å². The lowest BCUT2D eigenvalue weighted by Gasteiger charge is -2.13. The maximum atomic E-state index is 13.2. The maximum Gasteiger partial charge on any atom is 0.146 e. The summed E-state index contributed by atoms with van der Waals surface area (Å²) in [6.45, 7) is 0. The molecular formula is C11H12FN3O. The lowest BCUT2D eigenvalue weighted by molar-refractivity contribution is 0.210. The first-order valence-electron chi connectivity index (χ1n) is 4.81. The van der Waals surface area contributed by atoms with Gasteiger partial charge in [-0.3, -0.25) is 4.68 Å².